The first kappa shape index (κ1) is 6.26. The van der Waals surface area contributed by atoms with Crippen molar-refractivity contribution < 1.29 is 9.59 Å². The third kappa shape index (κ3) is 0.719. The molecule has 0 radical (unpaired) electrons. The lowest BCUT2D eigenvalue weighted by atomic mass is 10.4. The Morgan fingerprint density at radius 3 is 2.64 bits per heavy atom. The Hall–Kier alpha value is -1.46. The fourth-order valence-corrected chi connectivity index (χ4v) is 1.28. The predicted octanol–water partition coefficient (Wildman–Crippen LogP) is -1.39. The van der Waals surface area contributed by atoms with Gasteiger partial charge in [-0.15, -0.1) is 0 Å². The summed E-state index contributed by atoms with van der Waals surface area (Å²) in [4.78, 5) is 23.1. The van der Waals surface area contributed by atoms with Gasteiger partial charge in [0, 0.05) is 7.05 Å². The molecule has 0 aromatic rings. The van der Waals surface area contributed by atoms with Gasteiger partial charge in [-0.25, -0.2) is 9.59 Å². The van der Waals surface area contributed by atoms with E-state index in [0.29, 0.717) is 0 Å². The minimum Gasteiger partial charge on any atom is -0.314 e. The number of carbonyl (C=O) groups is 2. The van der Waals surface area contributed by atoms with Crippen molar-refractivity contribution in [3.63, 3.8) is 0 Å². The average Bonchev–Trinajstić information content (AvgIpc) is 2.37. The quantitative estimate of drug-likeness (QED) is 0.404. The number of nitrogens with zero attached hydrogens (tertiary/aromatic N) is 1. The molecule has 0 aromatic heterocycles. The number of amides is 4. The van der Waals surface area contributed by atoms with Crippen molar-refractivity contribution in [2.75, 3.05) is 7.05 Å². The smallest absolute Gasteiger partial charge is 0.314 e. The summed E-state index contributed by atoms with van der Waals surface area (Å²) in [6.07, 6.45) is -0.519. The molecule has 0 unspecified atom stereocenters. The number of rotatable bonds is 0. The summed E-state index contributed by atoms with van der Waals surface area (Å²) in [5, 5.41) is 7.73. The predicted molar refractivity (Wildman–Crippen MR) is 35.5 cm³/mol. The van der Waals surface area contributed by atoms with Gasteiger partial charge in [0.25, 0.3) is 0 Å². The van der Waals surface area contributed by atoms with E-state index in [2.05, 4.69) is 16.0 Å². The van der Waals surface area contributed by atoms with E-state index in [9.17, 15) is 9.59 Å². The number of urea groups is 2. The van der Waals surface area contributed by atoms with Gasteiger partial charge in [-0.1, -0.05) is 0 Å². The first-order valence-corrected chi connectivity index (χ1v) is 3.29. The Morgan fingerprint density at radius 2 is 2.00 bits per heavy atom. The number of carbonyl (C=O) groups excluding carboxylic acids is 2. The molecular weight excluding hydrogens is 148 g/mol. The minimum absolute atomic E-state index is 0.174. The van der Waals surface area contributed by atoms with Gasteiger partial charge in [0.1, 0.15) is 12.3 Å². The van der Waals surface area contributed by atoms with E-state index in [4.69, 9.17) is 0 Å². The Morgan fingerprint density at radius 1 is 1.27 bits per heavy atom. The summed E-state index contributed by atoms with van der Waals surface area (Å²) < 4.78 is 0. The van der Waals surface area contributed by atoms with Gasteiger partial charge < -0.3 is 20.9 Å². The van der Waals surface area contributed by atoms with E-state index in [1.54, 1.807) is 7.05 Å². The molecule has 2 heterocycles. The molecule has 6 heteroatoms. The van der Waals surface area contributed by atoms with Crippen LogP contribution < -0.4 is 16.0 Å². The van der Waals surface area contributed by atoms with E-state index in [1.807, 2.05) is 0 Å². The van der Waals surface area contributed by atoms with Crippen molar-refractivity contribution in [2.45, 2.75) is 12.3 Å². The number of fused-ring (bicyclic) bond motifs is 1. The summed E-state index contributed by atoms with van der Waals surface area (Å²) >= 11 is 0. The molecule has 0 saturated carbocycles. The number of hydrogen-bond acceptors (Lipinski definition) is 2. The number of likely N-dealkylation sites (N-methyl/N-ethyl adjacent to an activating group) is 1. The van der Waals surface area contributed by atoms with Crippen LogP contribution in [0.2, 0.25) is 0 Å². The SMILES string of the molecule is CN1C(=O)N[C@H]2NC(=O)N[C@H]21. The van der Waals surface area contributed by atoms with Crippen LogP contribution in [0.5, 0.6) is 0 Å². The molecule has 2 saturated heterocycles. The second-order valence-corrected chi connectivity index (χ2v) is 2.60. The van der Waals surface area contributed by atoms with Gasteiger partial charge in [0.2, 0.25) is 0 Å². The molecule has 0 spiro atoms. The highest BCUT2D eigenvalue weighted by Gasteiger charge is 2.43. The Balaban J connectivity index is 2.19. The number of nitrogens with one attached hydrogen (secondary N) is 3. The molecule has 2 atom stereocenters. The molecule has 2 fully saturated rings. The van der Waals surface area contributed by atoms with Crippen LogP contribution in [0.15, 0.2) is 0 Å². The van der Waals surface area contributed by atoms with Crippen LogP contribution in [-0.2, 0) is 0 Å². The highest BCUT2D eigenvalue weighted by molar-refractivity contribution is 5.84. The average molecular weight is 156 g/mol. The van der Waals surface area contributed by atoms with Crippen molar-refractivity contribution in [2.24, 2.45) is 0 Å². The Bertz CT molecular complexity index is 229. The summed E-state index contributed by atoms with van der Waals surface area (Å²) in [6, 6.07) is -0.417. The van der Waals surface area contributed by atoms with Crippen LogP contribution in [0.25, 0.3) is 0 Å². The number of hydrogen-bond donors (Lipinski definition) is 3. The molecule has 0 aliphatic carbocycles. The van der Waals surface area contributed by atoms with E-state index in [-0.39, 0.29) is 24.4 Å². The van der Waals surface area contributed by atoms with E-state index in [0.717, 1.165) is 0 Å². The van der Waals surface area contributed by atoms with Crippen LogP contribution in [0.3, 0.4) is 0 Å². The summed E-state index contributed by atoms with van der Waals surface area (Å²) in [6.45, 7) is 0. The highest BCUT2D eigenvalue weighted by Crippen LogP contribution is 2.10. The first-order chi connectivity index (χ1) is 5.18. The van der Waals surface area contributed by atoms with Crippen LogP contribution >= 0.6 is 0 Å². The van der Waals surface area contributed by atoms with Crippen molar-refractivity contribution in [1.82, 2.24) is 20.9 Å². The second kappa shape index (κ2) is 1.77. The summed E-state index contributed by atoms with van der Waals surface area (Å²) in [5.41, 5.74) is 0. The maximum Gasteiger partial charge on any atom is 0.320 e. The summed E-state index contributed by atoms with van der Waals surface area (Å²) in [5.74, 6) is 0. The van der Waals surface area contributed by atoms with Gasteiger partial charge in [0.05, 0.1) is 0 Å². The molecule has 0 bridgehead atoms. The molecule has 2 aliphatic rings. The Kier molecular flexibility index (Phi) is 1.01. The fraction of sp³-hybridized carbons (Fsp3) is 0.600. The molecule has 2 aliphatic heterocycles. The molecule has 6 nitrogen and oxygen atoms in total. The second-order valence-electron chi connectivity index (χ2n) is 2.60. The van der Waals surface area contributed by atoms with Gasteiger partial charge in [-0.05, 0) is 0 Å². The summed E-state index contributed by atoms with van der Waals surface area (Å²) in [7, 11) is 1.63. The lowest BCUT2D eigenvalue weighted by molar-refractivity contribution is 0.210. The van der Waals surface area contributed by atoms with Gasteiger partial charge in [-0.2, -0.15) is 0 Å². The van der Waals surface area contributed by atoms with Crippen molar-refractivity contribution >= 4 is 12.1 Å². The maximum atomic E-state index is 10.9. The van der Waals surface area contributed by atoms with Crippen molar-refractivity contribution in [1.29, 1.82) is 0 Å². The van der Waals surface area contributed by atoms with Crippen LogP contribution in [0.1, 0.15) is 0 Å². The topological polar surface area (TPSA) is 73.5 Å². The lowest BCUT2D eigenvalue weighted by Gasteiger charge is -2.14. The largest absolute Gasteiger partial charge is 0.320 e. The molecule has 60 valence electrons. The van der Waals surface area contributed by atoms with Gasteiger partial charge >= 0.3 is 12.1 Å². The Labute approximate surface area is 62.9 Å². The molecule has 4 amide bonds. The standard InChI is InChI=1S/C5H8N4O2/c1-9-3-2(7-5(9)11)6-4(10)8-3/h2-3H,1H3,(H,7,11)(H2,6,8,10)/t2-,3+/m1/s1. The third-order valence-corrected chi connectivity index (χ3v) is 1.90. The fourth-order valence-electron chi connectivity index (χ4n) is 1.28. The van der Waals surface area contributed by atoms with E-state index in [1.165, 1.54) is 4.90 Å². The molecular formula is C5H8N4O2. The third-order valence-electron chi connectivity index (χ3n) is 1.90. The molecule has 11 heavy (non-hydrogen) atoms. The zero-order valence-electron chi connectivity index (χ0n) is 5.92. The molecule has 0 aromatic carbocycles. The highest BCUT2D eigenvalue weighted by atomic mass is 16.2. The first-order valence-electron chi connectivity index (χ1n) is 3.29. The van der Waals surface area contributed by atoms with Gasteiger partial charge in [-0.3, -0.25) is 0 Å². The zero-order valence-corrected chi connectivity index (χ0v) is 5.92. The molecule has 2 rings (SSSR count). The monoisotopic (exact) mass is 156 g/mol. The van der Waals surface area contributed by atoms with Crippen LogP contribution in [0.4, 0.5) is 9.59 Å². The van der Waals surface area contributed by atoms with Crippen molar-refractivity contribution in [3.8, 4) is 0 Å². The van der Waals surface area contributed by atoms with Crippen LogP contribution in [0, 0.1) is 0 Å². The maximum absolute atomic E-state index is 10.9. The van der Waals surface area contributed by atoms with E-state index >= 15 is 0 Å². The van der Waals surface area contributed by atoms with Gasteiger partial charge in [0.15, 0.2) is 0 Å². The minimum atomic E-state index is -0.278. The van der Waals surface area contributed by atoms with Crippen molar-refractivity contribution in [3.05, 3.63) is 0 Å². The van der Waals surface area contributed by atoms with Crippen LogP contribution in [-0.4, -0.2) is 36.3 Å². The lowest BCUT2D eigenvalue weighted by Crippen LogP contribution is -2.40. The zero-order chi connectivity index (χ0) is 8.01. The molecule has 3 N–H and O–H groups in total. The van der Waals surface area contributed by atoms with E-state index < -0.39 is 0 Å². The normalized spacial score (nSPS) is 34.5.